The molecule has 0 aliphatic rings. The highest BCUT2D eigenvalue weighted by Gasteiger charge is 2.16. The van der Waals surface area contributed by atoms with E-state index in [4.69, 9.17) is 10.5 Å². The predicted octanol–water partition coefficient (Wildman–Crippen LogP) is 3.25. The van der Waals surface area contributed by atoms with Crippen molar-refractivity contribution < 1.29 is 9.53 Å². The fraction of sp³-hybridized carbons (Fsp3) is 0.235. The number of hydrogen-bond donors (Lipinski definition) is 1. The fourth-order valence-electron chi connectivity index (χ4n) is 2.21. The first-order valence-electron chi connectivity index (χ1n) is 6.90. The maximum Gasteiger partial charge on any atom is 0.258 e. The van der Waals surface area contributed by atoms with Crippen molar-refractivity contribution in [3.8, 4) is 5.75 Å². The van der Waals surface area contributed by atoms with Gasteiger partial charge < -0.3 is 15.4 Å². The largest absolute Gasteiger partial charge is 0.492 e. The molecule has 4 heteroatoms. The van der Waals surface area contributed by atoms with Gasteiger partial charge in [0, 0.05) is 18.3 Å². The van der Waals surface area contributed by atoms with E-state index in [0.717, 1.165) is 11.3 Å². The molecule has 2 aromatic carbocycles. The van der Waals surface area contributed by atoms with Crippen LogP contribution in [0.25, 0.3) is 0 Å². The van der Waals surface area contributed by atoms with Crippen molar-refractivity contribution in [1.29, 1.82) is 0 Å². The third-order valence-corrected chi connectivity index (χ3v) is 3.34. The van der Waals surface area contributed by atoms with E-state index in [1.54, 1.807) is 30.1 Å². The number of nitrogens with two attached hydrogens (primary N) is 1. The first kappa shape index (κ1) is 14.9. The van der Waals surface area contributed by atoms with Crippen LogP contribution in [0, 0.1) is 6.92 Å². The number of benzene rings is 2. The molecule has 0 bridgehead atoms. The van der Waals surface area contributed by atoms with E-state index in [1.165, 1.54) is 0 Å². The number of carbonyl (C=O) groups is 1. The van der Waals surface area contributed by atoms with Crippen molar-refractivity contribution in [2.75, 3.05) is 24.3 Å². The van der Waals surface area contributed by atoms with Gasteiger partial charge >= 0.3 is 0 Å². The van der Waals surface area contributed by atoms with E-state index < -0.39 is 0 Å². The van der Waals surface area contributed by atoms with Gasteiger partial charge in [-0.2, -0.15) is 0 Å². The Morgan fingerprint density at radius 1 is 1.24 bits per heavy atom. The quantitative estimate of drug-likeness (QED) is 0.877. The zero-order valence-corrected chi connectivity index (χ0v) is 12.6. The maximum atomic E-state index is 12.5. The minimum Gasteiger partial charge on any atom is -0.492 e. The molecule has 0 aliphatic heterocycles. The average molecular weight is 284 g/mol. The molecule has 110 valence electrons. The summed E-state index contributed by atoms with van der Waals surface area (Å²) in [6.45, 7) is 4.41. The second-order valence-corrected chi connectivity index (χ2v) is 4.84. The third-order valence-electron chi connectivity index (χ3n) is 3.34. The number of nitrogens with zero attached hydrogens (tertiary/aromatic N) is 1. The highest BCUT2D eigenvalue weighted by molar-refractivity contribution is 6.06. The summed E-state index contributed by atoms with van der Waals surface area (Å²) in [5, 5.41) is 0. The monoisotopic (exact) mass is 284 g/mol. The Morgan fingerprint density at radius 3 is 2.57 bits per heavy atom. The highest BCUT2D eigenvalue weighted by atomic mass is 16.5. The highest BCUT2D eigenvalue weighted by Crippen LogP contribution is 2.25. The summed E-state index contributed by atoms with van der Waals surface area (Å²) in [6.07, 6.45) is 0. The molecule has 0 aliphatic carbocycles. The molecule has 2 N–H and O–H groups in total. The smallest absolute Gasteiger partial charge is 0.258 e. The second-order valence-electron chi connectivity index (χ2n) is 4.84. The van der Waals surface area contributed by atoms with E-state index in [9.17, 15) is 4.79 Å². The van der Waals surface area contributed by atoms with Gasteiger partial charge in [0.25, 0.3) is 5.91 Å². The van der Waals surface area contributed by atoms with Crippen molar-refractivity contribution >= 4 is 17.3 Å². The van der Waals surface area contributed by atoms with Gasteiger partial charge in [0.2, 0.25) is 0 Å². The van der Waals surface area contributed by atoms with Crippen LogP contribution in [0.15, 0.2) is 42.5 Å². The minimum absolute atomic E-state index is 0.0981. The van der Waals surface area contributed by atoms with E-state index in [1.807, 2.05) is 38.1 Å². The van der Waals surface area contributed by atoms with Gasteiger partial charge in [0.05, 0.1) is 12.3 Å². The zero-order chi connectivity index (χ0) is 15.4. The van der Waals surface area contributed by atoms with Crippen LogP contribution in [-0.2, 0) is 0 Å². The van der Waals surface area contributed by atoms with Crippen LogP contribution in [0.4, 0.5) is 11.4 Å². The second kappa shape index (κ2) is 6.31. The molecule has 0 saturated carbocycles. The van der Waals surface area contributed by atoms with E-state index >= 15 is 0 Å². The lowest BCUT2D eigenvalue weighted by molar-refractivity contribution is 0.0993. The zero-order valence-electron chi connectivity index (χ0n) is 12.6. The molecule has 4 nitrogen and oxygen atoms in total. The molecular weight excluding hydrogens is 264 g/mol. The van der Waals surface area contributed by atoms with Gasteiger partial charge in [-0.3, -0.25) is 4.79 Å². The van der Waals surface area contributed by atoms with Gasteiger partial charge in [0.15, 0.2) is 0 Å². The van der Waals surface area contributed by atoms with Gasteiger partial charge in [-0.1, -0.05) is 18.2 Å². The van der Waals surface area contributed by atoms with Gasteiger partial charge in [-0.15, -0.1) is 0 Å². The van der Waals surface area contributed by atoms with Crippen molar-refractivity contribution in [1.82, 2.24) is 0 Å². The molecule has 0 atom stereocenters. The summed E-state index contributed by atoms with van der Waals surface area (Å²) < 4.78 is 5.39. The first-order chi connectivity index (χ1) is 10.0. The van der Waals surface area contributed by atoms with Gasteiger partial charge in [-0.05, 0) is 43.7 Å². The van der Waals surface area contributed by atoms with E-state index in [0.29, 0.717) is 23.6 Å². The standard InChI is InChI=1S/C17H20N2O2/c1-4-21-16-10-9-13(11-14(16)18)17(20)19(3)15-8-6-5-7-12(15)2/h5-11H,4,18H2,1-3H3. The Hall–Kier alpha value is -2.49. The first-order valence-corrected chi connectivity index (χ1v) is 6.90. The van der Waals surface area contributed by atoms with Gasteiger partial charge in [0.1, 0.15) is 5.75 Å². The molecule has 0 radical (unpaired) electrons. The Bertz CT molecular complexity index is 653. The Labute approximate surface area is 125 Å². The topological polar surface area (TPSA) is 55.6 Å². The third kappa shape index (κ3) is 3.16. The van der Waals surface area contributed by atoms with Crippen LogP contribution in [0.5, 0.6) is 5.75 Å². The van der Waals surface area contributed by atoms with Crippen LogP contribution in [-0.4, -0.2) is 19.6 Å². The molecule has 21 heavy (non-hydrogen) atoms. The maximum absolute atomic E-state index is 12.5. The number of nitrogen functional groups attached to an aromatic ring is 1. The van der Waals surface area contributed by atoms with Crippen molar-refractivity contribution in [3.05, 3.63) is 53.6 Å². The fourth-order valence-corrected chi connectivity index (χ4v) is 2.21. The number of amides is 1. The lowest BCUT2D eigenvalue weighted by Crippen LogP contribution is -2.27. The molecule has 0 heterocycles. The molecular formula is C17H20N2O2. The van der Waals surface area contributed by atoms with Crippen molar-refractivity contribution in [3.63, 3.8) is 0 Å². The molecule has 0 saturated heterocycles. The summed E-state index contributed by atoms with van der Waals surface area (Å²) >= 11 is 0. The summed E-state index contributed by atoms with van der Waals surface area (Å²) in [6, 6.07) is 12.9. The molecule has 2 rings (SSSR count). The number of anilines is 2. The molecule has 2 aromatic rings. The predicted molar refractivity (Wildman–Crippen MR) is 85.9 cm³/mol. The molecule has 1 amide bonds. The van der Waals surface area contributed by atoms with E-state index in [2.05, 4.69) is 0 Å². The molecule has 0 aromatic heterocycles. The Balaban J connectivity index is 2.28. The molecule has 0 spiro atoms. The van der Waals surface area contributed by atoms with Crippen molar-refractivity contribution in [2.24, 2.45) is 0 Å². The summed E-state index contributed by atoms with van der Waals surface area (Å²) in [5.74, 6) is 0.506. The normalized spacial score (nSPS) is 10.2. The number of aryl methyl sites for hydroxylation is 1. The van der Waals surface area contributed by atoms with Crippen molar-refractivity contribution in [2.45, 2.75) is 13.8 Å². The van der Waals surface area contributed by atoms with E-state index in [-0.39, 0.29) is 5.91 Å². The summed E-state index contributed by atoms with van der Waals surface area (Å²) in [7, 11) is 1.76. The molecule has 0 fully saturated rings. The Morgan fingerprint density at radius 2 is 1.95 bits per heavy atom. The number of para-hydroxylation sites is 1. The molecule has 0 unspecified atom stereocenters. The van der Waals surface area contributed by atoms with Crippen LogP contribution in [0.1, 0.15) is 22.8 Å². The lowest BCUT2D eigenvalue weighted by atomic mass is 10.1. The number of hydrogen-bond acceptors (Lipinski definition) is 3. The number of ether oxygens (including phenoxy) is 1. The van der Waals surface area contributed by atoms with Crippen LogP contribution in [0.2, 0.25) is 0 Å². The van der Waals surface area contributed by atoms with Gasteiger partial charge in [-0.25, -0.2) is 0 Å². The van der Waals surface area contributed by atoms with Crippen LogP contribution < -0.4 is 15.4 Å². The Kier molecular flexibility index (Phi) is 4.48. The summed E-state index contributed by atoms with van der Waals surface area (Å²) in [4.78, 5) is 14.2. The average Bonchev–Trinajstić information content (AvgIpc) is 2.48. The minimum atomic E-state index is -0.0981. The SMILES string of the molecule is CCOc1ccc(C(=O)N(C)c2ccccc2C)cc1N. The number of rotatable bonds is 4. The van der Waals surface area contributed by atoms with Crippen LogP contribution >= 0.6 is 0 Å². The van der Waals surface area contributed by atoms with Crippen LogP contribution in [0.3, 0.4) is 0 Å². The lowest BCUT2D eigenvalue weighted by Gasteiger charge is -2.20. The number of carbonyl (C=O) groups excluding carboxylic acids is 1. The summed E-state index contributed by atoms with van der Waals surface area (Å²) in [5.41, 5.74) is 8.87.